The summed E-state index contributed by atoms with van der Waals surface area (Å²) in [6.45, 7) is 0. The molecular formula is C22H20N2O6. The standard InChI is InChI=1S/C22H20N2O6/c23-30-21(10-3-14-11-16(25)6-8-19(14)27)13-1-4-15(5-2-13)24-22(29)18-12-17(26)7-9-20(18)28/h1-12,21,25-28H,23H2,(H,24,29)/b10-3+. The van der Waals surface area contributed by atoms with Gasteiger partial charge in [-0.25, -0.2) is 5.90 Å². The molecule has 30 heavy (non-hydrogen) atoms. The molecule has 0 aliphatic carbocycles. The number of benzene rings is 3. The van der Waals surface area contributed by atoms with Gasteiger partial charge in [0.05, 0.1) is 5.56 Å². The minimum Gasteiger partial charge on any atom is -0.508 e. The van der Waals surface area contributed by atoms with Crippen molar-refractivity contribution < 1.29 is 30.1 Å². The van der Waals surface area contributed by atoms with Crippen LogP contribution in [0, 0.1) is 0 Å². The Hall–Kier alpha value is -4.01. The fourth-order valence-corrected chi connectivity index (χ4v) is 2.76. The van der Waals surface area contributed by atoms with Gasteiger partial charge in [-0.05, 0) is 60.2 Å². The van der Waals surface area contributed by atoms with Crippen LogP contribution in [0.25, 0.3) is 6.08 Å². The number of phenols is 4. The molecular weight excluding hydrogens is 388 g/mol. The second-order valence-electron chi connectivity index (χ2n) is 6.44. The van der Waals surface area contributed by atoms with Crippen LogP contribution in [0.15, 0.2) is 66.7 Å². The molecule has 0 heterocycles. The molecule has 8 heteroatoms. The maximum Gasteiger partial charge on any atom is 0.259 e. The highest BCUT2D eigenvalue weighted by molar-refractivity contribution is 6.06. The van der Waals surface area contributed by atoms with E-state index in [0.29, 0.717) is 16.8 Å². The van der Waals surface area contributed by atoms with Gasteiger partial charge in [-0.2, -0.15) is 0 Å². The van der Waals surface area contributed by atoms with Crippen molar-refractivity contribution in [1.82, 2.24) is 0 Å². The Labute approximate surface area is 172 Å². The summed E-state index contributed by atoms with van der Waals surface area (Å²) >= 11 is 0. The van der Waals surface area contributed by atoms with E-state index in [4.69, 9.17) is 10.7 Å². The Morgan fingerprint density at radius 2 is 1.53 bits per heavy atom. The molecule has 0 aliphatic heterocycles. The number of phenolic OH excluding ortho intramolecular Hbond substituents is 4. The predicted octanol–water partition coefficient (Wildman–Crippen LogP) is 3.41. The first kappa shape index (κ1) is 20.7. The van der Waals surface area contributed by atoms with Gasteiger partial charge in [0.25, 0.3) is 5.91 Å². The van der Waals surface area contributed by atoms with Crippen LogP contribution in [0.1, 0.15) is 27.6 Å². The van der Waals surface area contributed by atoms with Crippen molar-refractivity contribution in [1.29, 1.82) is 0 Å². The highest BCUT2D eigenvalue weighted by Gasteiger charge is 2.13. The molecule has 0 bridgehead atoms. The number of hydrogen-bond acceptors (Lipinski definition) is 7. The van der Waals surface area contributed by atoms with E-state index < -0.39 is 12.0 Å². The predicted molar refractivity (Wildman–Crippen MR) is 111 cm³/mol. The Balaban J connectivity index is 1.73. The molecule has 1 unspecified atom stereocenters. The first-order valence-corrected chi connectivity index (χ1v) is 8.86. The van der Waals surface area contributed by atoms with E-state index in [1.807, 2.05) is 0 Å². The molecule has 0 spiro atoms. The van der Waals surface area contributed by atoms with Crippen molar-refractivity contribution in [3.05, 3.63) is 83.4 Å². The van der Waals surface area contributed by atoms with Gasteiger partial charge >= 0.3 is 0 Å². The van der Waals surface area contributed by atoms with Crippen molar-refractivity contribution >= 4 is 17.7 Å². The van der Waals surface area contributed by atoms with Gasteiger partial charge in [0.1, 0.15) is 29.1 Å². The second-order valence-corrected chi connectivity index (χ2v) is 6.44. The Kier molecular flexibility index (Phi) is 6.21. The van der Waals surface area contributed by atoms with Crippen molar-refractivity contribution in [2.24, 2.45) is 5.90 Å². The van der Waals surface area contributed by atoms with E-state index in [0.717, 1.165) is 0 Å². The third-order valence-corrected chi connectivity index (χ3v) is 4.33. The maximum atomic E-state index is 12.3. The molecule has 0 fully saturated rings. The average Bonchev–Trinajstić information content (AvgIpc) is 2.73. The minimum absolute atomic E-state index is 0.00640. The lowest BCUT2D eigenvalue weighted by molar-refractivity contribution is 0.0873. The van der Waals surface area contributed by atoms with Gasteiger partial charge in [0, 0.05) is 11.3 Å². The molecule has 0 radical (unpaired) electrons. The molecule has 3 aromatic carbocycles. The lowest BCUT2D eigenvalue weighted by Gasteiger charge is -2.12. The molecule has 1 amide bonds. The molecule has 0 aliphatic rings. The topological polar surface area (TPSA) is 145 Å². The van der Waals surface area contributed by atoms with Gasteiger partial charge in [0.15, 0.2) is 0 Å². The zero-order valence-corrected chi connectivity index (χ0v) is 15.7. The fourth-order valence-electron chi connectivity index (χ4n) is 2.76. The van der Waals surface area contributed by atoms with E-state index in [-0.39, 0.29) is 28.6 Å². The Bertz CT molecular complexity index is 1080. The van der Waals surface area contributed by atoms with Crippen LogP contribution in [0.2, 0.25) is 0 Å². The smallest absolute Gasteiger partial charge is 0.259 e. The molecule has 0 saturated carbocycles. The molecule has 0 saturated heterocycles. The lowest BCUT2D eigenvalue weighted by atomic mass is 10.1. The zero-order valence-electron chi connectivity index (χ0n) is 15.7. The number of carbonyl (C=O) groups is 1. The minimum atomic E-state index is -0.647. The summed E-state index contributed by atoms with van der Waals surface area (Å²) in [6, 6.07) is 14.4. The van der Waals surface area contributed by atoms with Crippen LogP contribution in [0.4, 0.5) is 5.69 Å². The normalized spacial score (nSPS) is 12.0. The number of carbonyl (C=O) groups excluding carboxylic acids is 1. The molecule has 3 aromatic rings. The van der Waals surface area contributed by atoms with Crippen LogP contribution in [-0.2, 0) is 4.84 Å². The zero-order chi connectivity index (χ0) is 21.7. The first-order chi connectivity index (χ1) is 14.4. The number of hydrogen-bond donors (Lipinski definition) is 6. The Morgan fingerprint density at radius 3 is 2.20 bits per heavy atom. The molecule has 3 rings (SSSR count). The first-order valence-electron chi connectivity index (χ1n) is 8.86. The fraction of sp³-hybridized carbons (Fsp3) is 0.0455. The molecule has 0 aromatic heterocycles. The van der Waals surface area contributed by atoms with E-state index in [1.165, 1.54) is 36.4 Å². The van der Waals surface area contributed by atoms with Crippen molar-refractivity contribution in [2.45, 2.75) is 6.10 Å². The van der Waals surface area contributed by atoms with E-state index >= 15 is 0 Å². The van der Waals surface area contributed by atoms with Crippen molar-refractivity contribution in [2.75, 3.05) is 5.32 Å². The maximum absolute atomic E-state index is 12.3. The van der Waals surface area contributed by atoms with E-state index in [1.54, 1.807) is 36.4 Å². The van der Waals surface area contributed by atoms with Crippen LogP contribution >= 0.6 is 0 Å². The highest BCUT2D eigenvalue weighted by atomic mass is 16.6. The van der Waals surface area contributed by atoms with Gasteiger partial charge in [-0.1, -0.05) is 18.2 Å². The summed E-state index contributed by atoms with van der Waals surface area (Å²) < 4.78 is 0. The summed E-state index contributed by atoms with van der Waals surface area (Å²) in [5, 5.41) is 41.3. The number of rotatable bonds is 6. The SMILES string of the molecule is NOC(/C=C/c1cc(O)ccc1O)c1ccc(NC(=O)c2cc(O)ccc2O)cc1. The number of nitrogens with one attached hydrogen (secondary N) is 1. The van der Waals surface area contributed by atoms with Crippen LogP contribution < -0.4 is 11.2 Å². The van der Waals surface area contributed by atoms with Crippen LogP contribution in [0.3, 0.4) is 0 Å². The third kappa shape index (κ3) is 4.88. The average molecular weight is 408 g/mol. The number of aromatic hydroxyl groups is 4. The Morgan fingerprint density at radius 1 is 0.900 bits per heavy atom. The van der Waals surface area contributed by atoms with Gasteiger partial charge in [-0.3, -0.25) is 9.63 Å². The summed E-state index contributed by atoms with van der Waals surface area (Å²) in [5.74, 6) is 4.41. The van der Waals surface area contributed by atoms with E-state index in [9.17, 15) is 25.2 Å². The number of amides is 1. The van der Waals surface area contributed by atoms with Crippen LogP contribution in [-0.4, -0.2) is 26.3 Å². The summed E-state index contributed by atoms with van der Waals surface area (Å²) in [5.41, 5.74) is 1.46. The molecule has 154 valence electrons. The summed E-state index contributed by atoms with van der Waals surface area (Å²) in [6.07, 6.45) is 2.52. The second kappa shape index (κ2) is 8.99. The number of nitrogens with two attached hydrogens (primary N) is 1. The lowest BCUT2D eigenvalue weighted by Crippen LogP contribution is -2.12. The molecule has 7 N–H and O–H groups in total. The van der Waals surface area contributed by atoms with Gasteiger partial charge < -0.3 is 25.7 Å². The summed E-state index contributed by atoms with van der Waals surface area (Å²) in [7, 11) is 0. The third-order valence-electron chi connectivity index (χ3n) is 4.33. The monoisotopic (exact) mass is 408 g/mol. The molecule has 1 atom stereocenters. The van der Waals surface area contributed by atoms with Crippen LogP contribution in [0.5, 0.6) is 23.0 Å². The summed E-state index contributed by atoms with van der Waals surface area (Å²) in [4.78, 5) is 17.3. The van der Waals surface area contributed by atoms with E-state index in [2.05, 4.69) is 5.32 Å². The highest BCUT2D eigenvalue weighted by Crippen LogP contribution is 2.27. The van der Waals surface area contributed by atoms with Gasteiger partial charge in [-0.15, -0.1) is 0 Å². The van der Waals surface area contributed by atoms with Crippen molar-refractivity contribution in [3.8, 4) is 23.0 Å². The quantitative estimate of drug-likeness (QED) is 0.271. The number of anilines is 1. The largest absolute Gasteiger partial charge is 0.508 e. The molecule has 8 nitrogen and oxygen atoms in total. The van der Waals surface area contributed by atoms with Crippen molar-refractivity contribution in [3.63, 3.8) is 0 Å². The van der Waals surface area contributed by atoms with Gasteiger partial charge in [0.2, 0.25) is 0 Å².